The highest BCUT2D eigenvalue weighted by Gasteiger charge is 2.19. The van der Waals surface area contributed by atoms with Crippen LogP contribution in [0.3, 0.4) is 0 Å². The first kappa shape index (κ1) is 21.9. The van der Waals surface area contributed by atoms with Gasteiger partial charge in [0.15, 0.2) is 5.82 Å². The molecule has 11 heteroatoms. The van der Waals surface area contributed by atoms with Crippen LogP contribution >= 0.6 is 0 Å². The van der Waals surface area contributed by atoms with E-state index in [2.05, 4.69) is 15.4 Å². The maximum atomic E-state index is 14.7. The third-order valence-electron chi connectivity index (χ3n) is 5.40. The molecule has 2 aromatic carbocycles. The van der Waals surface area contributed by atoms with Crippen molar-refractivity contribution < 1.29 is 13.6 Å². The minimum atomic E-state index is -0.875. The minimum Gasteiger partial charge on any atom is -0.298 e. The van der Waals surface area contributed by atoms with Gasteiger partial charge in [0.2, 0.25) is 0 Å². The number of amides is 1. The number of rotatable bonds is 4. The molecule has 0 radical (unpaired) electrons. The van der Waals surface area contributed by atoms with E-state index in [4.69, 9.17) is 0 Å². The molecule has 3 heterocycles. The molecule has 174 valence electrons. The highest BCUT2D eigenvalue weighted by atomic mass is 19.1. The van der Waals surface area contributed by atoms with E-state index < -0.39 is 28.8 Å². The lowest BCUT2D eigenvalue weighted by molar-refractivity contribution is 0.0780. The summed E-state index contributed by atoms with van der Waals surface area (Å²) in [5.74, 6) is -1.49. The number of halogens is 2. The fraction of sp³-hybridized carbons (Fsp3) is 0.0417. The lowest BCUT2D eigenvalue weighted by atomic mass is 10.1. The monoisotopic (exact) mass is 474 g/mol. The van der Waals surface area contributed by atoms with Crippen LogP contribution in [0, 0.1) is 11.6 Å². The van der Waals surface area contributed by atoms with Gasteiger partial charge in [-0.2, -0.15) is 0 Å². The van der Waals surface area contributed by atoms with Crippen LogP contribution in [0.4, 0.5) is 8.78 Å². The number of hydrogen-bond acceptors (Lipinski definition) is 6. The summed E-state index contributed by atoms with van der Waals surface area (Å²) >= 11 is 0. The van der Waals surface area contributed by atoms with Gasteiger partial charge in [-0.1, -0.05) is 6.07 Å². The first-order valence-electron chi connectivity index (χ1n) is 10.4. The van der Waals surface area contributed by atoms with Crippen molar-refractivity contribution in [2.45, 2.75) is 6.54 Å². The molecule has 0 bridgehead atoms. The summed E-state index contributed by atoms with van der Waals surface area (Å²) in [6.07, 6.45) is 7.88. The maximum Gasteiger partial charge on any atom is 0.329 e. The molecular formula is C24H16F2N6O3. The zero-order valence-electron chi connectivity index (χ0n) is 17.9. The molecule has 9 nitrogen and oxygen atoms in total. The van der Waals surface area contributed by atoms with Crippen LogP contribution in [-0.2, 0) is 6.54 Å². The molecule has 0 saturated heterocycles. The van der Waals surface area contributed by atoms with Gasteiger partial charge in [0, 0.05) is 41.5 Å². The van der Waals surface area contributed by atoms with Gasteiger partial charge in [-0.3, -0.25) is 24.6 Å². The van der Waals surface area contributed by atoms with Crippen LogP contribution in [-0.4, -0.2) is 30.4 Å². The maximum absolute atomic E-state index is 14.7. The second-order valence-corrected chi connectivity index (χ2v) is 7.58. The summed E-state index contributed by atoms with van der Waals surface area (Å²) < 4.78 is 29.9. The second kappa shape index (κ2) is 8.78. The van der Waals surface area contributed by atoms with Crippen LogP contribution in [0.1, 0.15) is 21.7 Å². The fourth-order valence-corrected chi connectivity index (χ4v) is 3.69. The standard InChI is InChI=1S/C24H16F2N6O3/c25-17-6-5-14(23(34)32-10-7-15(12-29-32)21-27-8-2-9-28-21)11-16(17)13-31-19-4-1-3-18(26)20(19)22(33)30-24(31)35/h1-12,29H,13H2,(H,30,33,35). The van der Waals surface area contributed by atoms with E-state index in [-0.39, 0.29) is 28.6 Å². The summed E-state index contributed by atoms with van der Waals surface area (Å²) in [5, 5.41) is 0.882. The van der Waals surface area contributed by atoms with Crippen molar-refractivity contribution in [3.63, 3.8) is 0 Å². The normalized spacial score (nSPS) is 13.0. The summed E-state index contributed by atoms with van der Waals surface area (Å²) in [4.78, 5) is 47.8. The van der Waals surface area contributed by atoms with E-state index in [1.165, 1.54) is 35.5 Å². The third-order valence-corrected chi connectivity index (χ3v) is 5.40. The van der Waals surface area contributed by atoms with Gasteiger partial charge < -0.3 is 0 Å². The van der Waals surface area contributed by atoms with E-state index >= 15 is 0 Å². The highest BCUT2D eigenvalue weighted by molar-refractivity contribution is 5.95. The van der Waals surface area contributed by atoms with Gasteiger partial charge in [-0.25, -0.2) is 28.6 Å². The van der Waals surface area contributed by atoms with E-state index in [1.807, 2.05) is 4.98 Å². The number of hydrogen-bond donors (Lipinski definition) is 2. The average Bonchev–Trinajstić information content (AvgIpc) is 2.87. The number of hydrazine groups is 1. The van der Waals surface area contributed by atoms with E-state index in [0.717, 1.165) is 16.7 Å². The van der Waals surface area contributed by atoms with Crippen molar-refractivity contribution in [1.29, 1.82) is 0 Å². The van der Waals surface area contributed by atoms with Crippen LogP contribution in [0.2, 0.25) is 0 Å². The smallest absolute Gasteiger partial charge is 0.298 e. The molecular weight excluding hydrogens is 458 g/mol. The number of carbonyl (C=O) groups is 1. The van der Waals surface area contributed by atoms with Crippen LogP contribution in [0.25, 0.3) is 16.5 Å². The largest absolute Gasteiger partial charge is 0.329 e. The van der Waals surface area contributed by atoms with Crippen LogP contribution in [0.15, 0.2) is 82.9 Å². The number of nitrogens with zero attached hydrogens (tertiary/aromatic N) is 4. The number of fused-ring (bicyclic) bond motifs is 1. The topological polar surface area (TPSA) is 113 Å². The average molecular weight is 474 g/mol. The van der Waals surface area contributed by atoms with Crippen LogP contribution in [0.5, 0.6) is 0 Å². The zero-order valence-corrected chi connectivity index (χ0v) is 17.9. The summed E-state index contributed by atoms with van der Waals surface area (Å²) in [5.41, 5.74) is 1.93. The van der Waals surface area contributed by atoms with E-state index in [0.29, 0.717) is 11.4 Å². The zero-order chi connectivity index (χ0) is 24.5. The van der Waals surface area contributed by atoms with Gasteiger partial charge in [0.1, 0.15) is 11.6 Å². The lowest BCUT2D eigenvalue weighted by Gasteiger charge is -2.22. The van der Waals surface area contributed by atoms with Crippen molar-refractivity contribution in [3.8, 4) is 0 Å². The van der Waals surface area contributed by atoms with Crippen molar-refractivity contribution in [2.75, 3.05) is 0 Å². The highest BCUT2D eigenvalue weighted by Crippen LogP contribution is 2.19. The predicted octanol–water partition coefficient (Wildman–Crippen LogP) is 2.32. The van der Waals surface area contributed by atoms with Crippen molar-refractivity contribution in [1.82, 2.24) is 30.0 Å². The van der Waals surface area contributed by atoms with Gasteiger partial charge in [-0.05, 0) is 42.5 Å². The molecule has 35 heavy (non-hydrogen) atoms. The minimum absolute atomic E-state index is 0.00506. The Labute approximate surface area is 195 Å². The Morgan fingerprint density at radius 3 is 2.54 bits per heavy atom. The van der Waals surface area contributed by atoms with Gasteiger partial charge in [0.05, 0.1) is 17.4 Å². The predicted molar refractivity (Wildman–Crippen MR) is 123 cm³/mol. The summed E-state index contributed by atoms with van der Waals surface area (Å²) in [7, 11) is 0. The Bertz CT molecular complexity index is 1640. The van der Waals surface area contributed by atoms with Crippen LogP contribution < -0.4 is 16.7 Å². The number of aromatic amines is 1. The molecule has 1 aliphatic heterocycles. The molecule has 0 unspecified atom stereocenters. The quantitative estimate of drug-likeness (QED) is 0.470. The number of H-pyrrole nitrogens is 1. The molecule has 2 aromatic heterocycles. The Morgan fingerprint density at radius 1 is 1.00 bits per heavy atom. The molecule has 2 N–H and O–H groups in total. The Morgan fingerprint density at radius 2 is 1.80 bits per heavy atom. The first-order valence-corrected chi connectivity index (χ1v) is 10.4. The molecule has 1 amide bonds. The molecule has 0 spiro atoms. The van der Waals surface area contributed by atoms with Crippen molar-refractivity contribution in [2.24, 2.45) is 0 Å². The molecule has 0 saturated carbocycles. The van der Waals surface area contributed by atoms with Crippen molar-refractivity contribution in [3.05, 3.63) is 123 Å². The Hall–Kier alpha value is -4.93. The summed E-state index contributed by atoms with van der Waals surface area (Å²) in [6.45, 7) is -0.332. The molecule has 4 aromatic rings. The third kappa shape index (κ3) is 4.10. The first-order chi connectivity index (χ1) is 16.9. The number of nitrogens with one attached hydrogen (secondary N) is 2. The Kier molecular flexibility index (Phi) is 5.49. The number of aromatic nitrogens is 4. The number of allylic oxidation sites excluding steroid dienone is 2. The molecule has 0 aliphatic carbocycles. The molecule has 1 aliphatic rings. The molecule has 0 fully saturated rings. The van der Waals surface area contributed by atoms with Gasteiger partial charge in [-0.15, -0.1) is 0 Å². The van der Waals surface area contributed by atoms with E-state index in [1.54, 1.807) is 30.7 Å². The van der Waals surface area contributed by atoms with Crippen molar-refractivity contribution >= 4 is 22.4 Å². The molecule has 5 rings (SSSR count). The van der Waals surface area contributed by atoms with Gasteiger partial charge >= 0.3 is 5.69 Å². The summed E-state index contributed by atoms with van der Waals surface area (Å²) in [6, 6.07) is 9.24. The van der Waals surface area contributed by atoms with E-state index in [9.17, 15) is 23.2 Å². The molecule has 0 atom stereocenters. The number of carbonyl (C=O) groups excluding carboxylic acids is 1. The Balaban J connectivity index is 1.44. The second-order valence-electron chi connectivity index (χ2n) is 7.58. The lowest BCUT2D eigenvalue weighted by Crippen LogP contribution is -2.37. The van der Waals surface area contributed by atoms with Gasteiger partial charge in [0.25, 0.3) is 11.5 Å². The fourth-order valence-electron chi connectivity index (χ4n) is 3.69. The SMILES string of the molecule is O=C(c1ccc(F)c(Cn2c(=O)[nH]c(=O)c3c(F)cccc32)c1)N1C=CC(c2ncccn2)=CN1. The number of benzene rings is 2.